The molecule has 7 nitrogen and oxygen atoms in total. The first-order chi connectivity index (χ1) is 11.7. The first kappa shape index (κ1) is 14.9. The van der Waals surface area contributed by atoms with Gasteiger partial charge in [-0.1, -0.05) is 18.2 Å². The number of aryl methyl sites for hydroxylation is 1. The third kappa shape index (κ3) is 2.67. The number of nitrogens with zero attached hydrogens (tertiary/aromatic N) is 2. The van der Waals surface area contributed by atoms with Gasteiger partial charge in [0.2, 0.25) is 5.91 Å². The van der Waals surface area contributed by atoms with E-state index in [9.17, 15) is 4.79 Å². The number of benzene rings is 1. The lowest BCUT2D eigenvalue weighted by Gasteiger charge is -2.17. The number of aromatic nitrogens is 4. The van der Waals surface area contributed by atoms with E-state index in [0.29, 0.717) is 18.9 Å². The minimum absolute atomic E-state index is 0.0112. The van der Waals surface area contributed by atoms with Crippen LogP contribution >= 0.6 is 0 Å². The van der Waals surface area contributed by atoms with Crippen molar-refractivity contribution in [2.45, 2.75) is 31.9 Å². The molecule has 1 amide bonds. The fourth-order valence-corrected chi connectivity index (χ4v) is 3.34. The molecule has 1 saturated heterocycles. The number of ether oxygens (including phenoxy) is 1. The van der Waals surface area contributed by atoms with Crippen molar-refractivity contribution in [1.29, 1.82) is 0 Å². The van der Waals surface area contributed by atoms with Gasteiger partial charge in [0.15, 0.2) is 5.82 Å². The molecule has 24 heavy (non-hydrogen) atoms. The highest BCUT2D eigenvalue weighted by atomic mass is 16.5. The van der Waals surface area contributed by atoms with Gasteiger partial charge in [0, 0.05) is 23.2 Å². The second kappa shape index (κ2) is 6.09. The number of amides is 1. The lowest BCUT2D eigenvalue weighted by Crippen LogP contribution is -2.38. The van der Waals surface area contributed by atoms with E-state index in [-0.39, 0.29) is 18.1 Å². The molecule has 0 saturated carbocycles. The second-order valence-electron chi connectivity index (χ2n) is 6.08. The van der Waals surface area contributed by atoms with Crippen molar-refractivity contribution in [3.63, 3.8) is 0 Å². The fourth-order valence-electron chi connectivity index (χ4n) is 3.34. The molecule has 3 N–H and O–H groups in total. The van der Waals surface area contributed by atoms with Gasteiger partial charge in [0.25, 0.3) is 0 Å². The quantitative estimate of drug-likeness (QED) is 0.681. The molecule has 0 unspecified atom stereocenters. The monoisotopic (exact) mass is 325 g/mol. The van der Waals surface area contributed by atoms with E-state index in [1.807, 2.05) is 31.2 Å². The van der Waals surface area contributed by atoms with Gasteiger partial charge in [0.05, 0.1) is 12.5 Å². The van der Waals surface area contributed by atoms with Crippen LogP contribution in [0.5, 0.6) is 0 Å². The molecule has 1 aromatic carbocycles. The number of nitrogens with one attached hydrogen (secondary N) is 3. The number of H-pyrrole nitrogens is 2. The molecule has 1 fully saturated rings. The fraction of sp³-hybridized carbons (Fsp3) is 0.353. The number of rotatable bonds is 4. The van der Waals surface area contributed by atoms with Crippen LogP contribution in [0, 0.1) is 6.92 Å². The molecule has 7 heteroatoms. The molecule has 2 atom stereocenters. The van der Waals surface area contributed by atoms with Gasteiger partial charge < -0.3 is 15.0 Å². The molecule has 124 valence electrons. The molecule has 0 radical (unpaired) electrons. The minimum Gasteiger partial charge on any atom is -0.368 e. The molecular formula is C17H19N5O2. The average molecular weight is 325 g/mol. The SMILES string of the molecule is Cc1[nH]c2ccccc2c1CC(=O)N[C@H]1CCO[C@H]1c1ncn[nH]1. The summed E-state index contributed by atoms with van der Waals surface area (Å²) in [5, 5.41) is 10.9. The molecule has 1 aliphatic rings. The second-order valence-corrected chi connectivity index (χ2v) is 6.08. The van der Waals surface area contributed by atoms with Gasteiger partial charge in [-0.15, -0.1) is 0 Å². The summed E-state index contributed by atoms with van der Waals surface area (Å²) in [6.45, 7) is 2.60. The molecule has 0 aliphatic carbocycles. The van der Waals surface area contributed by atoms with E-state index < -0.39 is 0 Å². The lowest BCUT2D eigenvalue weighted by atomic mass is 10.1. The highest BCUT2D eigenvalue weighted by molar-refractivity contribution is 5.90. The van der Waals surface area contributed by atoms with Gasteiger partial charge in [0.1, 0.15) is 12.4 Å². The first-order valence-corrected chi connectivity index (χ1v) is 8.05. The van der Waals surface area contributed by atoms with Crippen molar-refractivity contribution in [2.24, 2.45) is 0 Å². The Balaban J connectivity index is 1.49. The summed E-state index contributed by atoms with van der Waals surface area (Å²) in [6.07, 6.45) is 2.30. The summed E-state index contributed by atoms with van der Waals surface area (Å²) in [5.74, 6) is 0.643. The molecule has 2 aromatic heterocycles. The number of hydrogen-bond acceptors (Lipinski definition) is 4. The van der Waals surface area contributed by atoms with Crippen LogP contribution in [0.4, 0.5) is 0 Å². The van der Waals surface area contributed by atoms with Gasteiger partial charge in [-0.3, -0.25) is 9.89 Å². The molecule has 0 spiro atoms. The smallest absolute Gasteiger partial charge is 0.224 e. The number of hydrogen-bond donors (Lipinski definition) is 3. The summed E-state index contributed by atoms with van der Waals surface area (Å²) in [5.41, 5.74) is 3.13. The Morgan fingerprint density at radius 1 is 1.42 bits per heavy atom. The number of aromatic amines is 2. The zero-order valence-electron chi connectivity index (χ0n) is 13.4. The Morgan fingerprint density at radius 2 is 2.29 bits per heavy atom. The van der Waals surface area contributed by atoms with Gasteiger partial charge in [-0.25, -0.2) is 4.98 Å². The van der Waals surface area contributed by atoms with Crippen LogP contribution < -0.4 is 5.32 Å². The number of carbonyl (C=O) groups excluding carboxylic acids is 1. The maximum Gasteiger partial charge on any atom is 0.224 e. The number of fused-ring (bicyclic) bond motifs is 1. The van der Waals surface area contributed by atoms with E-state index in [0.717, 1.165) is 28.6 Å². The molecule has 1 aliphatic heterocycles. The zero-order chi connectivity index (χ0) is 16.5. The normalized spacial score (nSPS) is 20.5. The maximum atomic E-state index is 12.6. The lowest BCUT2D eigenvalue weighted by molar-refractivity contribution is -0.121. The highest BCUT2D eigenvalue weighted by Crippen LogP contribution is 2.27. The van der Waals surface area contributed by atoms with Crippen LogP contribution in [-0.4, -0.2) is 38.7 Å². The van der Waals surface area contributed by atoms with E-state index in [1.165, 1.54) is 6.33 Å². The molecule has 0 bridgehead atoms. The third-order valence-electron chi connectivity index (χ3n) is 4.51. The van der Waals surface area contributed by atoms with E-state index in [1.54, 1.807) is 0 Å². The predicted molar refractivity (Wildman–Crippen MR) is 88.4 cm³/mol. The Morgan fingerprint density at radius 3 is 3.12 bits per heavy atom. The molecule has 4 rings (SSSR count). The van der Waals surface area contributed by atoms with Crippen molar-refractivity contribution < 1.29 is 9.53 Å². The number of carbonyl (C=O) groups is 1. The van der Waals surface area contributed by atoms with Crippen LogP contribution in [0.25, 0.3) is 10.9 Å². The molecular weight excluding hydrogens is 306 g/mol. The van der Waals surface area contributed by atoms with E-state index in [2.05, 4.69) is 25.5 Å². The summed E-state index contributed by atoms with van der Waals surface area (Å²) in [4.78, 5) is 20.0. The van der Waals surface area contributed by atoms with Crippen LogP contribution in [0.15, 0.2) is 30.6 Å². The molecule has 3 aromatic rings. The summed E-state index contributed by atoms with van der Waals surface area (Å²) >= 11 is 0. The van der Waals surface area contributed by atoms with Crippen LogP contribution in [0.1, 0.15) is 29.6 Å². The van der Waals surface area contributed by atoms with Gasteiger partial charge in [-0.05, 0) is 25.0 Å². The zero-order valence-corrected chi connectivity index (χ0v) is 13.4. The largest absolute Gasteiger partial charge is 0.368 e. The van der Waals surface area contributed by atoms with Gasteiger partial charge in [-0.2, -0.15) is 5.10 Å². The highest BCUT2D eigenvalue weighted by Gasteiger charge is 2.33. The van der Waals surface area contributed by atoms with Crippen molar-refractivity contribution >= 4 is 16.8 Å². The molecule has 3 heterocycles. The Kier molecular flexibility index (Phi) is 3.78. The van der Waals surface area contributed by atoms with Crippen molar-refractivity contribution in [2.75, 3.05) is 6.61 Å². The summed E-state index contributed by atoms with van der Waals surface area (Å²) in [7, 11) is 0. The predicted octanol–water partition coefficient (Wildman–Crippen LogP) is 1.78. The number of para-hydroxylation sites is 1. The van der Waals surface area contributed by atoms with Crippen LogP contribution in [0.3, 0.4) is 0 Å². The first-order valence-electron chi connectivity index (χ1n) is 8.05. The van der Waals surface area contributed by atoms with E-state index >= 15 is 0 Å². The Labute approximate surface area is 138 Å². The van der Waals surface area contributed by atoms with Crippen molar-refractivity contribution in [3.05, 3.63) is 47.7 Å². The third-order valence-corrected chi connectivity index (χ3v) is 4.51. The Hall–Kier alpha value is -2.67. The summed E-state index contributed by atoms with van der Waals surface area (Å²) in [6, 6.07) is 7.95. The van der Waals surface area contributed by atoms with Crippen LogP contribution in [0.2, 0.25) is 0 Å². The van der Waals surface area contributed by atoms with Crippen LogP contribution in [-0.2, 0) is 16.0 Å². The standard InChI is InChI=1S/C17H19N5O2/c1-10-12(11-4-2-3-5-13(11)20-10)8-15(23)21-14-6-7-24-16(14)17-18-9-19-22-17/h2-5,9,14,16,20H,6-8H2,1H3,(H,21,23)(H,18,19,22)/t14-,16+/m0/s1. The average Bonchev–Trinajstić information content (AvgIpc) is 3.28. The topological polar surface area (TPSA) is 95.7 Å². The van der Waals surface area contributed by atoms with Crippen molar-refractivity contribution in [3.8, 4) is 0 Å². The van der Waals surface area contributed by atoms with E-state index in [4.69, 9.17) is 4.74 Å². The van der Waals surface area contributed by atoms with Crippen molar-refractivity contribution in [1.82, 2.24) is 25.5 Å². The Bertz CT molecular complexity index is 855. The maximum absolute atomic E-state index is 12.6. The van der Waals surface area contributed by atoms with Gasteiger partial charge >= 0.3 is 0 Å². The summed E-state index contributed by atoms with van der Waals surface area (Å²) < 4.78 is 5.69. The minimum atomic E-state index is -0.263.